The van der Waals surface area contributed by atoms with Gasteiger partial charge in [0.1, 0.15) is 5.75 Å². The van der Waals surface area contributed by atoms with Crippen molar-refractivity contribution in [2.45, 2.75) is 13.2 Å². The molecule has 0 heterocycles. The van der Waals surface area contributed by atoms with Crippen LogP contribution in [0.1, 0.15) is 5.56 Å². The minimum Gasteiger partial charge on any atom is -0.493 e. The molecule has 152 valence electrons. The second kappa shape index (κ2) is 9.23. The number of benzene rings is 3. The maximum absolute atomic E-state index is 12.4. The molecule has 3 aromatic rings. The van der Waals surface area contributed by atoms with Gasteiger partial charge in [0, 0.05) is 13.6 Å². The molecule has 3 aromatic carbocycles. The van der Waals surface area contributed by atoms with Crippen LogP contribution in [0.25, 0.3) is 10.8 Å². The van der Waals surface area contributed by atoms with Gasteiger partial charge in [0.15, 0.2) is 18.1 Å². The maximum atomic E-state index is 12.4. The summed E-state index contributed by atoms with van der Waals surface area (Å²) in [5.41, 5.74) is 0.713. The summed E-state index contributed by atoms with van der Waals surface area (Å²) in [5, 5.41) is 2.13. The van der Waals surface area contributed by atoms with Crippen molar-refractivity contribution < 1.29 is 27.8 Å². The molecule has 3 rings (SSSR count). The van der Waals surface area contributed by atoms with Crippen LogP contribution in [0.3, 0.4) is 0 Å². The van der Waals surface area contributed by atoms with Crippen LogP contribution < -0.4 is 14.2 Å². The number of rotatable bonds is 8. The molecule has 0 aliphatic heterocycles. The number of fused-ring (bicyclic) bond motifs is 1. The summed E-state index contributed by atoms with van der Waals surface area (Å²) in [7, 11) is 3.01. The highest BCUT2D eigenvalue weighted by Gasteiger charge is 2.14. The normalized spacial score (nSPS) is 10.8. The van der Waals surface area contributed by atoms with Crippen molar-refractivity contribution >= 4 is 16.7 Å². The van der Waals surface area contributed by atoms with Crippen LogP contribution in [0.2, 0.25) is 0 Å². The van der Waals surface area contributed by atoms with Gasteiger partial charge in [-0.1, -0.05) is 36.4 Å². The maximum Gasteiger partial charge on any atom is 0.387 e. The Morgan fingerprint density at radius 2 is 1.76 bits per heavy atom. The summed E-state index contributed by atoms with van der Waals surface area (Å²) >= 11 is 0. The Labute approximate surface area is 167 Å². The first-order valence-electron chi connectivity index (χ1n) is 8.93. The van der Waals surface area contributed by atoms with Gasteiger partial charge in [-0.15, -0.1) is 0 Å². The van der Waals surface area contributed by atoms with Crippen LogP contribution in [0.15, 0.2) is 60.7 Å². The van der Waals surface area contributed by atoms with Gasteiger partial charge in [0.2, 0.25) is 0 Å². The number of hydrogen-bond acceptors (Lipinski definition) is 4. The lowest BCUT2D eigenvalue weighted by atomic mass is 10.1. The highest BCUT2D eigenvalue weighted by atomic mass is 19.3. The summed E-state index contributed by atoms with van der Waals surface area (Å²) < 4.78 is 39.9. The van der Waals surface area contributed by atoms with E-state index in [0.29, 0.717) is 11.3 Å². The lowest BCUT2D eigenvalue weighted by Gasteiger charge is -2.19. The number of likely N-dealkylation sites (N-methyl/N-ethyl adjacent to an activating group) is 1. The van der Waals surface area contributed by atoms with Crippen LogP contribution in [0.4, 0.5) is 8.78 Å². The molecule has 0 aliphatic carbocycles. The van der Waals surface area contributed by atoms with Gasteiger partial charge >= 0.3 is 6.61 Å². The number of nitrogens with zero attached hydrogens (tertiary/aromatic N) is 1. The number of carbonyl (C=O) groups is 1. The van der Waals surface area contributed by atoms with Crippen molar-refractivity contribution in [1.82, 2.24) is 4.90 Å². The van der Waals surface area contributed by atoms with E-state index in [1.165, 1.54) is 18.1 Å². The Morgan fingerprint density at radius 3 is 2.48 bits per heavy atom. The van der Waals surface area contributed by atoms with Crippen molar-refractivity contribution in [1.29, 1.82) is 0 Å². The summed E-state index contributed by atoms with van der Waals surface area (Å²) in [6, 6.07) is 18.1. The molecule has 1 amide bonds. The molecule has 0 atom stereocenters. The molecule has 0 radical (unpaired) electrons. The highest BCUT2D eigenvalue weighted by molar-refractivity contribution is 5.84. The smallest absolute Gasteiger partial charge is 0.387 e. The van der Waals surface area contributed by atoms with Gasteiger partial charge in [-0.25, -0.2) is 0 Å². The third-order valence-corrected chi connectivity index (χ3v) is 4.37. The van der Waals surface area contributed by atoms with Gasteiger partial charge in [0.25, 0.3) is 5.91 Å². The Bertz CT molecular complexity index is 993. The van der Waals surface area contributed by atoms with E-state index in [2.05, 4.69) is 4.74 Å². The van der Waals surface area contributed by atoms with Gasteiger partial charge in [-0.05, 0) is 40.6 Å². The monoisotopic (exact) mass is 401 g/mol. The van der Waals surface area contributed by atoms with Crippen molar-refractivity contribution in [2.24, 2.45) is 0 Å². The topological polar surface area (TPSA) is 48.0 Å². The van der Waals surface area contributed by atoms with E-state index < -0.39 is 6.61 Å². The first-order valence-corrected chi connectivity index (χ1v) is 8.93. The molecule has 0 fully saturated rings. The molecular formula is C22H21F2NO4. The fourth-order valence-electron chi connectivity index (χ4n) is 2.88. The minimum atomic E-state index is -2.94. The molecule has 0 unspecified atom stereocenters. The average molecular weight is 401 g/mol. The van der Waals surface area contributed by atoms with Crippen molar-refractivity contribution in [3.05, 3.63) is 66.2 Å². The molecule has 0 aromatic heterocycles. The SMILES string of the molecule is COc1cc(CN(C)C(=O)COc2ccc3ccccc3c2)ccc1OC(F)F. The quantitative estimate of drug-likeness (QED) is 0.558. The molecule has 0 saturated carbocycles. The summed E-state index contributed by atoms with van der Waals surface area (Å²) in [4.78, 5) is 13.9. The Morgan fingerprint density at radius 1 is 1.00 bits per heavy atom. The van der Waals surface area contributed by atoms with Crippen LogP contribution >= 0.6 is 0 Å². The zero-order valence-corrected chi connectivity index (χ0v) is 16.1. The third-order valence-electron chi connectivity index (χ3n) is 4.37. The molecule has 0 saturated heterocycles. The van der Waals surface area contributed by atoms with E-state index >= 15 is 0 Å². The van der Waals surface area contributed by atoms with Crippen LogP contribution in [-0.2, 0) is 11.3 Å². The second-order valence-corrected chi connectivity index (χ2v) is 6.41. The minimum absolute atomic E-state index is 0.0557. The fourth-order valence-corrected chi connectivity index (χ4v) is 2.88. The number of amides is 1. The van der Waals surface area contributed by atoms with E-state index in [1.807, 2.05) is 42.5 Å². The first-order chi connectivity index (χ1) is 14.0. The molecule has 0 aliphatic rings. The third kappa shape index (κ3) is 5.34. The average Bonchev–Trinajstić information content (AvgIpc) is 2.72. The molecular weight excluding hydrogens is 380 g/mol. The Balaban J connectivity index is 1.59. The number of halogens is 2. The van der Waals surface area contributed by atoms with Gasteiger partial charge in [0.05, 0.1) is 7.11 Å². The van der Waals surface area contributed by atoms with Gasteiger partial charge < -0.3 is 19.1 Å². The molecule has 0 N–H and O–H groups in total. The van der Waals surface area contributed by atoms with E-state index in [-0.39, 0.29) is 30.6 Å². The number of ether oxygens (including phenoxy) is 3. The number of alkyl halides is 2. The second-order valence-electron chi connectivity index (χ2n) is 6.41. The predicted molar refractivity (Wildman–Crippen MR) is 106 cm³/mol. The number of carbonyl (C=O) groups excluding carboxylic acids is 1. The van der Waals surface area contributed by atoms with Gasteiger partial charge in [-0.2, -0.15) is 8.78 Å². The van der Waals surface area contributed by atoms with Crippen LogP contribution in [0, 0.1) is 0 Å². The summed E-state index contributed by atoms with van der Waals surface area (Å²) in [6.45, 7) is -2.78. The van der Waals surface area contributed by atoms with Crippen molar-refractivity contribution in [3.8, 4) is 17.2 Å². The van der Waals surface area contributed by atoms with E-state index in [1.54, 1.807) is 19.2 Å². The zero-order valence-electron chi connectivity index (χ0n) is 16.1. The van der Waals surface area contributed by atoms with Crippen molar-refractivity contribution in [2.75, 3.05) is 20.8 Å². The van der Waals surface area contributed by atoms with E-state index in [4.69, 9.17) is 9.47 Å². The van der Waals surface area contributed by atoms with Crippen LogP contribution in [0.5, 0.6) is 17.2 Å². The largest absolute Gasteiger partial charge is 0.493 e. The Hall–Kier alpha value is -3.35. The fraction of sp³-hybridized carbons (Fsp3) is 0.227. The lowest BCUT2D eigenvalue weighted by molar-refractivity contribution is -0.132. The summed E-state index contributed by atoms with van der Waals surface area (Å²) in [5.74, 6) is 0.515. The van der Waals surface area contributed by atoms with Gasteiger partial charge in [-0.3, -0.25) is 4.79 Å². The Kier molecular flexibility index (Phi) is 6.49. The lowest BCUT2D eigenvalue weighted by Crippen LogP contribution is -2.30. The number of hydrogen-bond donors (Lipinski definition) is 0. The molecule has 0 spiro atoms. The molecule has 29 heavy (non-hydrogen) atoms. The summed E-state index contributed by atoms with van der Waals surface area (Å²) in [6.07, 6.45) is 0. The van der Waals surface area contributed by atoms with E-state index in [9.17, 15) is 13.6 Å². The predicted octanol–water partition coefficient (Wildman–Crippen LogP) is 4.49. The van der Waals surface area contributed by atoms with Crippen LogP contribution in [-0.4, -0.2) is 38.2 Å². The standard InChI is InChI=1S/C22H21F2NO4/c1-25(13-15-7-10-19(29-22(23)24)20(11-15)27-2)21(26)14-28-18-9-8-16-5-3-4-6-17(16)12-18/h3-12,22H,13-14H2,1-2H3. The zero-order chi connectivity index (χ0) is 20.8. The molecule has 5 nitrogen and oxygen atoms in total. The first kappa shape index (κ1) is 20.4. The highest BCUT2D eigenvalue weighted by Crippen LogP contribution is 2.29. The molecule has 7 heteroatoms. The van der Waals surface area contributed by atoms with Crippen molar-refractivity contribution in [3.63, 3.8) is 0 Å². The number of methoxy groups -OCH3 is 1. The molecule has 0 bridgehead atoms. The van der Waals surface area contributed by atoms with E-state index in [0.717, 1.165) is 10.8 Å².